The third-order valence-electron chi connectivity index (χ3n) is 3.33. The fourth-order valence-corrected chi connectivity index (χ4v) is 2.43. The molecule has 2 atom stereocenters. The van der Waals surface area contributed by atoms with Crippen molar-refractivity contribution in [2.24, 2.45) is 5.92 Å². The van der Waals surface area contributed by atoms with Gasteiger partial charge in [-0.1, -0.05) is 24.9 Å². The maximum absolute atomic E-state index is 8.73. The van der Waals surface area contributed by atoms with Crippen LogP contribution in [0.4, 0.5) is 0 Å². The van der Waals surface area contributed by atoms with Crippen molar-refractivity contribution in [3.63, 3.8) is 0 Å². The van der Waals surface area contributed by atoms with Gasteiger partial charge in [0, 0.05) is 18.9 Å². The smallest absolute Gasteiger partial charge is 0.226 e. The quantitative estimate of drug-likeness (QED) is 0.852. The Bertz CT molecular complexity index is 325. The van der Waals surface area contributed by atoms with Crippen LogP contribution in [0.1, 0.15) is 56.7 Å². The molecule has 1 aliphatic rings. The van der Waals surface area contributed by atoms with E-state index < -0.39 is 0 Å². The van der Waals surface area contributed by atoms with Gasteiger partial charge >= 0.3 is 0 Å². The summed E-state index contributed by atoms with van der Waals surface area (Å²) in [7, 11) is 0. The number of hydrogen-bond donors (Lipinski definition) is 1. The van der Waals surface area contributed by atoms with Crippen LogP contribution in [0, 0.1) is 5.92 Å². The molecular formula is C12H20N2O2. The molecule has 0 saturated heterocycles. The highest BCUT2D eigenvalue weighted by molar-refractivity contribution is 4.97. The molecule has 0 amide bonds. The third-order valence-corrected chi connectivity index (χ3v) is 3.33. The molecule has 1 N–H and O–H groups in total. The van der Waals surface area contributed by atoms with E-state index >= 15 is 0 Å². The Kier molecular flexibility index (Phi) is 3.93. The Hall–Kier alpha value is -0.900. The van der Waals surface area contributed by atoms with E-state index in [1.165, 1.54) is 25.7 Å². The number of aromatic nitrogens is 2. The van der Waals surface area contributed by atoms with Crippen molar-refractivity contribution in [1.82, 2.24) is 10.1 Å². The molecule has 1 heterocycles. The predicted octanol–water partition coefficient (Wildman–Crippen LogP) is 2.29. The lowest BCUT2D eigenvalue weighted by Crippen LogP contribution is -2.12. The minimum absolute atomic E-state index is 0.179. The molecule has 0 aromatic carbocycles. The van der Waals surface area contributed by atoms with Crippen molar-refractivity contribution in [3.05, 3.63) is 11.7 Å². The van der Waals surface area contributed by atoms with Crippen molar-refractivity contribution in [2.75, 3.05) is 6.61 Å². The summed E-state index contributed by atoms with van der Waals surface area (Å²) in [6.45, 7) is 2.47. The first-order valence-electron chi connectivity index (χ1n) is 6.23. The van der Waals surface area contributed by atoms with Crippen LogP contribution >= 0.6 is 0 Å². The van der Waals surface area contributed by atoms with Crippen molar-refractivity contribution in [2.45, 2.75) is 51.4 Å². The molecule has 1 aromatic rings. The van der Waals surface area contributed by atoms with Gasteiger partial charge < -0.3 is 9.63 Å². The van der Waals surface area contributed by atoms with Crippen LogP contribution < -0.4 is 0 Å². The van der Waals surface area contributed by atoms with E-state index in [0.29, 0.717) is 24.7 Å². The lowest BCUT2D eigenvalue weighted by atomic mass is 9.82. The monoisotopic (exact) mass is 224 g/mol. The zero-order valence-corrected chi connectivity index (χ0v) is 9.85. The van der Waals surface area contributed by atoms with Gasteiger partial charge in [-0.15, -0.1) is 0 Å². The first kappa shape index (κ1) is 11.6. The second kappa shape index (κ2) is 5.43. The molecule has 1 aromatic heterocycles. The molecular weight excluding hydrogens is 204 g/mol. The van der Waals surface area contributed by atoms with E-state index in [4.69, 9.17) is 9.63 Å². The topological polar surface area (TPSA) is 59.2 Å². The van der Waals surface area contributed by atoms with Gasteiger partial charge in [-0.25, -0.2) is 0 Å². The summed E-state index contributed by atoms with van der Waals surface area (Å²) in [6.07, 6.45) is 6.34. The predicted molar refractivity (Wildman–Crippen MR) is 60.1 cm³/mol. The van der Waals surface area contributed by atoms with E-state index in [-0.39, 0.29) is 6.61 Å². The normalized spacial score (nSPS) is 25.9. The van der Waals surface area contributed by atoms with Crippen LogP contribution in [0.25, 0.3) is 0 Å². The van der Waals surface area contributed by atoms with Crippen molar-refractivity contribution < 1.29 is 9.63 Å². The first-order chi connectivity index (χ1) is 7.79. The van der Waals surface area contributed by atoms with Gasteiger partial charge in [0.1, 0.15) is 0 Å². The highest BCUT2D eigenvalue weighted by Crippen LogP contribution is 2.34. The maximum Gasteiger partial charge on any atom is 0.226 e. The van der Waals surface area contributed by atoms with Crippen LogP contribution in [-0.4, -0.2) is 21.9 Å². The fourth-order valence-electron chi connectivity index (χ4n) is 2.43. The molecule has 0 aliphatic heterocycles. The van der Waals surface area contributed by atoms with Gasteiger partial charge in [-0.05, 0) is 25.2 Å². The Morgan fingerprint density at radius 1 is 1.44 bits per heavy atom. The summed E-state index contributed by atoms with van der Waals surface area (Å²) in [5, 5.41) is 12.8. The average molecular weight is 224 g/mol. The first-order valence-corrected chi connectivity index (χ1v) is 6.23. The van der Waals surface area contributed by atoms with Crippen LogP contribution in [0.3, 0.4) is 0 Å². The van der Waals surface area contributed by atoms with E-state index in [1.54, 1.807) is 0 Å². The molecule has 1 fully saturated rings. The molecule has 2 unspecified atom stereocenters. The molecule has 1 saturated carbocycles. The molecule has 4 nitrogen and oxygen atoms in total. The molecule has 0 spiro atoms. The number of aliphatic hydroxyl groups is 1. The zero-order valence-electron chi connectivity index (χ0n) is 9.85. The standard InChI is InChI=1S/C12H20N2O2/c1-9-4-2-5-10(8-9)12-13-11(16-14-12)6-3-7-15/h9-10,15H,2-8H2,1H3. The van der Waals surface area contributed by atoms with Crippen molar-refractivity contribution in [1.29, 1.82) is 0 Å². The lowest BCUT2D eigenvalue weighted by Gasteiger charge is -2.23. The summed E-state index contributed by atoms with van der Waals surface area (Å²) >= 11 is 0. The van der Waals surface area contributed by atoms with Crippen LogP contribution in [0.2, 0.25) is 0 Å². The van der Waals surface area contributed by atoms with Gasteiger partial charge in [0.05, 0.1) is 0 Å². The zero-order chi connectivity index (χ0) is 11.4. The Labute approximate surface area is 96.1 Å². The largest absolute Gasteiger partial charge is 0.396 e. The van der Waals surface area contributed by atoms with Gasteiger partial charge in [0.15, 0.2) is 5.82 Å². The summed E-state index contributed by atoms with van der Waals surface area (Å²) < 4.78 is 5.18. The number of aliphatic hydroxyl groups excluding tert-OH is 1. The van der Waals surface area contributed by atoms with Crippen LogP contribution in [0.15, 0.2) is 4.52 Å². The SMILES string of the molecule is CC1CCCC(c2noc(CCCO)n2)C1. The Balaban J connectivity index is 1.95. The Morgan fingerprint density at radius 3 is 3.06 bits per heavy atom. The van der Waals surface area contributed by atoms with E-state index in [0.717, 1.165) is 11.7 Å². The van der Waals surface area contributed by atoms with Gasteiger partial charge in [0.25, 0.3) is 0 Å². The summed E-state index contributed by atoms with van der Waals surface area (Å²) in [5.41, 5.74) is 0. The van der Waals surface area contributed by atoms with Gasteiger partial charge in [-0.3, -0.25) is 0 Å². The summed E-state index contributed by atoms with van der Waals surface area (Å²) in [4.78, 5) is 4.42. The second-order valence-corrected chi connectivity index (χ2v) is 4.84. The lowest BCUT2D eigenvalue weighted by molar-refractivity contribution is 0.277. The minimum Gasteiger partial charge on any atom is -0.396 e. The highest BCUT2D eigenvalue weighted by atomic mass is 16.5. The number of aryl methyl sites for hydroxylation is 1. The van der Waals surface area contributed by atoms with E-state index in [2.05, 4.69) is 17.1 Å². The molecule has 16 heavy (non-hydrogen) atoms. The maximum atomic E-state index is 8.73. The number of nitrogens with zero attached hydrogens (tertiary/aromatic N) is 2. The molecule has 4 heteroatoms. The van der Waals surface area contributed by atoms with Crippen LogP contribution in [-0.2, 0) is 6.42 Å². The summed E-state index contributed by atoms with van der Waals surface area (Å²) in [5.74, 6) is 2.80. The number of rotatable bonds is 4. The summed E-state index contributed by atoms with van der Waals surface area (Å²) in [6, 6.07) is 0. The van der Waals surface area contributed by atoms with Crippen LogP contribution in [0.5, 0.6) is 0 Å². The number of hydrogen-bond acceptors (Lipinski definition) is 4. The average Bonchev–Trinajstić information content (AvgIpc) is 2.75. The Morgan fingerprint density at radius 2 is 2.31 bits per heavy atom. The third kappa shape index (κ3) is 2.82. The van der Waals surface area contributed by atoms with Crippen molar-refractivity contribution >= 4 is 0 Å². The van der Waals surface area contributed by atoms with E-state index in [9.17, 15) is 0 Å². The van der Waals surface area contributed by atoms with E-state index in [1.807, 2.05) is 0 Å². The minimum atomic E-state index is 0.179. The van der Waals surface area contributed by atoms with Crippen molar-refractivity contribution in [3.8, 4) is 0 Å². The molecule has 0 bridgehead atoms. The highest BCUT2D eigenvalue weighted by Gasteiger charge is 2.24. The van der Waals surface area contributed by atoms with Gasteiger partial charge in [0.2, 0.25) is 5.89 Å². The second-order valence-electron chi connectivity index (χ2n) is 4.84. The molecule has 2 rings (SSSR count). The fraction of sp³-hybridized carbons (Fsp3) is 0.833. The van der Waals surface area contributed by atoms with Gasteiger partial charge in [-0.2, -0.15) is 4.98 Å². The molecule has 90 valence electrons. The molecule has 1 aliphatic carbocycles. The molecule has 0 radical (unpaired) electrons.